The van der Waals surface area contributed by atoms with E-state index in [1.54, 1.807) is 0 Å². The molecule has 0 fully saturated rings. The van der Waals surface area contributed by atoms with Gasteiger partial charge in [-0.2, -0.15) is 0 Å². The van der Waals surface area contributed by atoms with E-state index in [4.69, 9.17) is 4.74 Å². The van der Waals surface area contributed by atoms with Crippen LogP contribution in [0.2, 0.25) is 0 Å². The number of rotatable bonds is 2. The van der Waals surface area contributed by atoms with Crippen LogP contribution >= 0.6 is 15.9 Å². The van der Waals surface area contributed by atoms with Crippen LogP contribution in [0.15, 0.2) is 53.0 Å². The number of cyclic esters (lactones) is 1. The smallest absolute Gasteiger partial charge is 0.339 e. The van der Waals surface area contributed by atoms with Gasteiger partial charge in [0.2, 0.25) is 0 Å². The molecule has 0 amide bonds. The first-order valence-electron chi connectivity index (χ1n) is 6.38. The van der Waals surface area contributed by atoms with Crippen LogP contribution in [0.1, 0.15) is 16.7 Å². The summed E-state index contributed by atoms with van der Waals surface area (Å²) in [6, 6.07) is 15.9. The average molecular weight is 329 g/mol. The van der Waals surface area contributed by atoms with Crippen molar-refractivity contribution in [2.24, 2.45) is 0 Å². The van der Waals surface area contributed by atoms with Crippen LogP contribution in [0.5, 0.6) is 0 Å². The van der Waals surface area contributed by atoms with E-state index in [1.807, 2.05) is 55.5 Å². The Morgan fingerprint density at radius 1 is 0.950 bits per heavy atom. The number of carbonyl (C=O) groups excluding carboxylic acids is 1. The molecular formula is C17H13BrO2. The molecule has 1 aliphatic rings. The van der Waals surface area contributed by atoms with Crippen LogP contribution in [0.25, 0.3) is 11.1 Å². The number of hydrogen-bond donors (Lipinski definition) is 0. The summed E-state index contributed by atoms with van der Waals surface area (Å²) in [5.41, 5.74) is 4.76. The molecule has 0 atom stereocenters. The van der Waals surface area contributed by atoms with E-state index in [0.717, 1.165) is 21.2 Å². The zero-order valence-corrected chi connectivity index (χ0v) is 12.6. The lowest BCUT2D eigenvalue weighted by Crippen LogP contribution is -1.98. The maximum Gasteiger partial charge on any atom is 0.339 e. The third kappa shape index (κ3) is 2.41. The van der Waals surface area contributed by atoms with E-state index < -0.39 is 0 Å². The summed E-state index contributed by atoms with van der Waals surface area (Å²) in [5.74, 6) is -0.247. The highest BCUT2D eigenvalue weighted by Gasteiger charge is 2.26. The largest absolute Gasteiger partial charge is 0.457 e. The lowest BCUT2D eigenvalue weighted by Gasteiger charge is -2.05. The SMILES string of the molecule is Cc1ccc(C2=C(c3ccc(Br)cc3)C(=O)OC2)cc1. The summed E-state index contributed by atoms with van der Waals surface area (Å²) in [5, 5.41) is 0. The topological polar surface area (TPSA) is 26.3 Å². The van der Waals surface area contributed by atoms with Crippen LogP contribution in [-0.2, 0) is 9.53 Å². The molecule has 0 radical (unpaired) electrons. The number of benzene rings is 2. The molecule has 3 heteroatoms. The molecule has 0 N–H and O–H groups in total. The number of ether oxygens (including phenoxy) is 1. The normalized spacial score (nSPS) is 14.6. The van der Waals surface area contributed by atoms with Gasteiger partial charge in [0, 0.05) is 10.0 Å². The molecule has 2 aromatic rings. The first kappa shape index (κ1) is 13.1. The molecule has 2 aromatic carbocycles. The molecule has 100 valence electrons. The van der Waals surface area contributed by atoms with Gasteiger partial charge < -0.3 is 4.74 Å². The predicted molar refractivity (Wildman–Crippen MR) is 83.1 cm³/mol. The van der Waals surface area contributed by atoms with Crippen molar-refractivity contribution in [1.82, 2.24) is 0 Å². The maximum atomic E-state index is 12.0. The van der Waals surface area contributed by atoms with Crippen molar-refractivity contribution < 1.29 is 9.53 Å². The summed E-state index contributed by atoms with van der Waals surface area (Å²) in [6.07, 6.45) is 0. The van der Waals surface area contributed by atoms with Crippen LogP contribution in [0.3, 0.4) is 0 Å². The molecule has 2 nitrogen and oxygen atoms in total. The fourth-order valence-electron chi connectivity index (χ4n) is 2.30. The van der Waals surface area contributed by atoms with E-state index in [0.29, 0.717) is 12.2 Å². The van der Waals surface area contributed by atoms with Gasteiger partial charge in [-0.15, -0.1) is 0 Å². The molecule has 1 heterocycles. The Morgan fingerprint density at radius 3 is 2.20 bits per heavy atom. The molecule has 0 bridgehead atoms. The third-order valence-corrected chi connectivity index (χ3v) is 3.92. The molecule has 20 heavy (non-hydrogen) atoms. The molecular weight excluding hydrogens is 316 g/mol. The zero-order chi connectivity index (χ0) is 14.1. The van der Waals surface area contributed by atoms with Gasteiger partial charge in [-0.05, 0) is 30.2 Å². The summed E-state index contributed by atoms with van der Waals surface area (Å²) in [7, 11) is 0. The quantitative estimate of drug-likeness (QED) is 0.771. The first-order valence-corrected chi connectivity index (χ1v) is 7.18. The summed E-state index contributed by atoms with van der Waals surface area (Å²) >= 11 is 3.40. The Labute approximate surface area is 126 Å². The Kier molecular flexibility index (Phi) is 3.45. The number of carbonyl (C=O) groups is 1. The molecule has 0 spiro atoms. The summed E-state index contributed by atoms with van der Waals surface area (Å²) in [4.78, 5) is 12.0. The number of hydrogen-bond acceptors (Lipinski definition) is 2. The highest BCUT2D eigenvalue weighted by molar-refractivity contribution is 9.10. The van der Waals surface area contributed by atoms with Gasteiger partial charge in [0.15, 0.2) is 0 Å². The second kappa shape index (κ2) is 5.25. The van der Waals surface area contributed by atoms with E-state index in [-0.39, 0.29) is 5.97 Å². The van der Waals surface area contributed by atoms with Crippen LogP contribution in [-0.4, -0.2) is 12.6 Å². The Balaban J connectivity index is 2.12. The molecule has 3 rings (SSSR count). The van der Waals surface area contributed by atoms with Gasteiger partial charge in [-0.1, -0.05) is 57.9 Å². The summed E-state index contributed by atoms with van der Waals surface area (Å²) < 4.78 is 6.21. The Morgan fingerprint density at radius 2 is 1.55 bits per heavy atom. The minimum atomic E-state index is -0.247. The van der Waals surface area contributed by atoms with Crippen molar-refractivity contribution in [3.05, 3.63) is 69.7 Å². The minimum Gasteiger partial charge on any atom is -0.457 e. The van der Waals surface area contributed by atoms with Gasteiger partial charge in [0.05, 0.1) is 5.57 Å². The van der Waals surface area contributed by atoms with E-state index in [2.05, 4.69) is 15.9 Å². The number of halogens is 1. The van der Waals surface area contributed by atoms with Gasteiger partial charge in [-0.3, -0.25) is 0 Å². The molecule has 0 saturated carbocycles. The zero-order valence-electron chi connectivity index (χ0n) is 11.0. The van der Waals surface area contributed by atoms with Gasteiger partial charge >= 0.3 is 5.97 Å². The molecule has 1 aliphatic heterocycles. The van der Waals surface area contributed by atoms with Gasteiger partial charge in [0.1, 0.15) is 6.61 Å². The molecule has 0 saturated heterocycles. The monoisotopic (exact) mass is 328 g/mol. The molecule has 0 aliphatic carbocycles. The average Bonchev–Trinajstić information content (AvgIpc) is 2.83. The van der Waals surface area contributed by atoms with Crippen molar-refractivity contribution in [2.45, 2.75) is 6.92 Å². The fourth-order valence-corrected chi connectivity index (χ4v) is 2.56. The predicted octanol–water partition coefficient (Wildman–Crippen LogP) is 4.23. The highest BCUT2D eigenvalue weighted by atomic mass is 79.9. The van der Waals surface area contributed by atoms with Crippen molar-refractivity contribution in [2.75, 3.05) is 6.61 Å². The van der Waals surface area contributed by atoms with E-state index in [1.165, 1.54) is 5.56 Å². The minimum absolute atomic E-state index is 0.247. The van der Waals surface area contributed by atoms with Gasteiger partial charge in [0.25, 0.3) is 0 Å². The van der Waals surface area contributed by atoms with Crippen molar-refractivity contribution >= 4 is 33.0 Å². The van der Waals surface area contributed by atoms with E-state index >= 15 is 0 Å². The van der Waals surface area contributed by atoms with Crippen LogP contribution in [0, 0.1) is 6.92 Å². The van der Waals surface area contributed by atoms with Crippen LogP contribution < -0.4 is 0 Å². The number of aryl methyl sites for hydroxylation is 1. The maximum absolute atomic E-state index is 12.0. The van der Waals surface area contributed by atoms with Crippen molar-refractivity contribution in [3.63, 3.8) is 0 Å². The molecule has 0 unspecified atom stereocenters. The highest BCUT2D eigenvalue weighted by Crippen LogP contribution is 2.33. The van der Waals surface area contributed by atoms with Crippen LogP contribution in [0.4, 0.5) is 0 Å². The summed E-state index contributed by atoms with van der Waals surface area (Å²) in [6.45, 7) is 2.39. The second-order valence-corrected chi connectivity index (χ2v) is 5.72. The van der Waals surface area contributed by atoms with Gasteiger partial charge in [-0.25, -0.2) is 4.79 Å². The third-order valence-electron chi connectivity index (χ3n) is 3.39. The fraction of sp³-hybridized carbons (Fsp3) is 0.118. The standard InChI is InChI=1S/C17H13BrO2/c1-11-2-4-12(5-3-11)15-10-20-17(19)16(15)13-6-8-14(18)9-7-13/h2-9H,10H2,1H3. The molecule has 0 aromatic heterocycles. The first-order chi connectivity index (χ1) is 9.65. The lowest BCUT2D eigenvalue weighted by molar-refractivity contribution is -0.133. The van der Waals surface area contributed by atoms with Crippen molar-refractivity contribution in [1.29, 1.82) is 0 Å². The van der Waals surface area contributed by atoms with Crippen molar-refractivity contribution in [3.8, 4) is 0 Å². The lowest BCUT2D eigenvalue weighted by atomic mass is 9.96. The Hall–Kier alpha value is -1.87. The Bertz CT molecular complexity index is 682. The second-order valence-electron chi connectivity index (χ2n) is 4.80. The number of esters is 1. The van der Waals surface area contributed by atoms with E-state index in [9.17, 15) is 4.79 Å².